The van der Waals surface area contributed by atoms with E-state index in [2.05, 4.69) is 22.3 Å². The molecule has 96 valence electrons. The minimum Gasteiger partial charge on any atom is -0.492 e. The molecule has 2 N–H and O–H groups in total. The number of aromatic nitrogens is 1. The number of rotatable bonds is 6. The number of anilines is 1. The zero-order chi connectivity index (χ0) is 12.8. The summed E-state index contributed by atoms with van der Waals surface area (Å²) in [7, 11) is 2.06. The average Bonchev–Trinajstić information content (AvgIpc) is 2.82. The van der Waals surface area contributed by atoms with Gasteiger partial charge in [-0.3, -0.25) is 4.90 Å². The topological polar surface area (TPSA) is 51.4 Å². The molecule has 0 spiro atoms. The van der Waals surface area contributed by atoms with E-state index in [-0.39, 0.29) is 0 Å². The zero-order valence-electron chi connectivity index (χ0n) is 10.4. The molecule has 1 aromatic carbocycles. The molecule has 0 aliphatic carbocycles. The third-order valence-electron chi connectivity index (χ3n) is 2.52. The summed E-state index contributed by atoms with van der Waals surface area (Å²) in [5.41, 5.74) is 9.37. The number of likely N-dealkylation sites (N-methyl/N-ethyl adjacent to an activating group) is 1. The van der Waals surface area contributed by atoms with Crippen LogP contribution in [0.25, 0.3) is 0 Å². The molecule has 1 heterocycles. The number of nitrogen functional groups attached to an aromatic ring is 1. The number of nitrogens with two attached hydrogens (primary N) is 1. The van der Waals surface area contributed by atoms with Crippen molar-refractivity contribution < 1.29 is 4.74 Å². The van der Waals surface area contributed by atoms with Crippen LogP contribution >= 0.6 is 11.3 Å². The number of hydrogen-bond acceptors (Lipinski definition) is 5. The molecule has 0 unspecified atom stereocenters. The second-order valence-corrected chi connectivity index (χ2v) is 4.86. The monoisotopic (exact) mass is 263 g/mol. The largest absolute Gasteiger partial charge is 0.492 e. The van der Waals surface area contributed by atoms with E-state index < -0.39 is 0 Å². The number of ether oxygens (including phenoxy) is 1. The second kappa shape index (κ2) is 6.37. The van der Waals surface area contributed by atoms with E-state index in [9.17, 15) is 0 Å². The van der Waals surface area contributed by atoms with Gasteiger partial charge in [-0.05, 0) is 19.2 Å². The summed E-state index contributed by atoms with van der Waals surface area (Å²) in [4.78, 5) is 6.44. The maximum absolute atomic E-state index is 5.68. The highest BCUT2D eigenvalue weighted by molar-refractivity contribution is 7.07. The van der Waals surface area contributed by atoms with Crippen LogP contribution in [-0.2, 0) is 6.54 Å². The molecule has 5 heteroatoms. The first-order valence-corrected chi connectivity index (χ1v) is 6.72. The molecule has 0 radical (unpaired) electrons. The van der Waals surface area contributed by atoms with Gasteiger partial charge in [0.15, 0.2) is 0 Å². The minimum atomic E-state index is 0.643. The van der Waals surface area contributed by atoms with Gasteiger partial charge in [0.2, 0.25) is 0 Å². The van der Waals surface area contributed by atoms with Gasteiger partial charge >= 0.3 is 0 Å². The fourth-order valence-electron chi connectivity index (χ4n) is 1.59. The number of hydrogen-bond donors (Lipinski definition) is 1. The van der Waals surface area contributed by atoms with Gasteiger partial charge < -0.3 is 10.5 Å². The molecule has 0 bridgehead atoms. The lowest BCUT2D eigenvalue weighted by Gasteiger charge is -2.15. The fraction of sp³-hybridized carbons (Fsp3) is 0.308. The molecule has 4 nitrogen and oxygen atoms in total. The lowest BCUT2D eigenvalue weighted by atomic mass is 10.3. The van der Waals surface area contributed by atoms with Crippen molar-refractivity contribution in [1.29, 1.82) is 0 Å². The molecule has 0 saturated carbocycles. The molecule has 0 atom stereocenters. The van der Waals surface area contributed by atoms with Gasteiger partial charge in [-0.1, -0.05) is 6.07 Å². The summed E-state index contributed by atoms with van der Waals surface area (Å²) in [6, 6.07) is 7.49. The van der Waals surface area contributed by atoms with Crippen LogP contribution in [-0.4, -0.2) is 30.1 Å². The molecule has 2 aromatic rings. The van der Waals surface area contributed by atoms with Crippen LogP contribution in [0.15, 0.2) is 35.2 Å². The fourth-order valence-corrected chi connectivity index (χ4v) is 2.14. The van der Waals surface area contributed by atoms with E-state index >= 15 is 0 Å². The Labute approximate surface area is 111 Å². The number of thiazole rings is 1. The Morgan fingerprint density at radius 2 is 2.33 bits per heavy atom. The van der Waals surface area contributed by atoms with E-state index in [1.165, 1.54) is 0 Å². The van der Waals surface area contributed by atoms with Gasteiger partial charge in [0, 0.05) is 30.2 Å². The van der Waals surface area contributed by atoms with E-state index in [4.69, 9.17) is 10.5 Å². The molecule has 0 aliphatic heterocycles. The van der Waals surface area contributed by atoms with Crippen molar-refractivity contribution in [3.8, 4) is 5.75 Å². The number of benzene rings is 1. The zero-order valence-corrected chi connectivity index (χ0v) is 11.2. The molecule has 1 aromatic heterocycles. The van der Waals surface area contributed by atoms with Crippen molar-refractivity contribution >= 4 is 17.0 Å². The van der Waals surface area contributed by atoms with Gasteiger partial charge in [0.1, 0.15) is 12.4 Å². The SMILES string of the molecule is CN(CCOc1cccc(N)c1)Cc1cscn1. The van der Waals surface area contributed by atoms with Crippen molar-refractivity contribution in [3.05, 3.63) is 40.8 Å². The molecular weight excluding hydrogens is 246 g/mol. The quantitative estimate of drug-likeness (QED) is 0.812. The van der Waals surface area contributed by atoms with Gasteiger partial charge in [0.25, 0.3) is 0 Å². The Kier molecular flexibility index (Phi) is 4.55. The molecule has 0 fully saturated rings. The van der Waals surface area contributed by atoms with E-state index in [1.54, 1.807) is 11.3 Å². The van der Waals surface area contributed by atoms with Crippen LogP contribution in [0.3, 0.4) is 0 Å². The Hall–Kier alpha value is -1.59. The van der Waals surface area contributed by atoms with Crippen LogP contribution in [0.1, 0.15) is 5.69 Å². The maximum Gasteiger partial charge on any atom is 0.121 e. The van der Waals surface area contributed by atoms with Gasteiger partial charge in [-0.15, -0.1) is 11.3 Å². The van der Waals surface area contributed by atoms with Crippen LogP contribution in [0.5, 0.6) is 5.75 Å². The van der Waals surface area contributed by atoms with Crippen molar-refractivity contribution in [1.82, 2.24) is 9.88 Å². The smallest absolute Gasteiger partial charge is 0.121 e. The van der Waals surface area contributed by atoms with Gasteiger partial charge in [0.05, 0.1) is 11.2 Å². The predicted octanol–water partition coefficient (Wildman–Crippen LogP) is 2.24. The van der Waals surface area contributed by atoms with Crippen molar-refractivity contribution in [3.63, 3.8) is 0 Å². The predicted molar refractivity (Wildman–Crippen MR) is 74.8 cm³/mol. The third-order valence-corrected chi connectivity index (χ3v) is 3.15. The summed E-state index contributed by atoms with van der Waals surface area (Å²) in [6.07, 6.45) is 0. The highest BCUT2D eigenvalue weighted by Crippen LogP contribution is 2.14. The average molecular weight is 263 g/mol. The van der Waals surface area contributed by atoms with Crippen molar-refractivity contribution in [2.75, 3.05) is 25.9 Å². The Bertz CT molecular complexity index is 473. The highest BCUT2D eigenvalue weighted by atomic mass is 32.1. The molecule has 0 saturated heterocycles. The molecular formula is C13H17N3OS. The normalized spacial score (nSPS) is 10.8. The lowest BCUT2D eigenvalue weighted by Crippen LogP contribution is -2.24. The Balaban J connectivity index is 1.72. The summed E-state index contributed by atoms with van der Waals surface area (Å²) in [5.74, 6) is 0.817. The van der Waals surface area contributed by atoms with Crippen LogP contribution < -0.4 is 10.5 Å². The standard InChI is InChI=1S/C13H17N3OS/c1-16(8-12-9-18-10-15-12)5-6-17-13-4-2-3-11(14)7-13/h2-4,7,9-10H,5-6,8,14H2,1H3. The first-order valence-electron chi connectivity index (χ1n) is 5.78. The van der Waals surface area contributed by atoms with Crippen LogP contribution in [0.4, 0.5) is 5.69 Å². The third kappa shape index (κ3) is 4.01. The van der Waals surface area contributed by atoms with E-state index in [0.717, 1.165) is 30.2 Å². The highest BCUT2D eigenvalue weighted by Gasteiger charge is 2.02. The molecule has 0 amide bonds. The lowest BCUT2D eigenvalue weighted by molar-refractivity contribution is 0.231. The summed E-state index contributed by atoms with van der Waals surface area (Å²) >= 11 is 1.62. The Morgan fingerprint density at radius 3 is 3.06 bits per heavy atom. The Morgan fingerprint density at radius 1 is 1.44 bits per heavy atom. The molecule has 0 aliphatic rings. The van der Waals surface area contributed by atoms with Gasteiger partial charge in [-0.2, -0.15) is 0 Å². The van der Waals surface area contributed by atoms with Gasteiger partial charge in [-0.25, -0.2) is 4.98 Å². The first-order chi connectivity index (χ1) is 8.74. The van der Waals surface area contributed by atoms with Crippen molar-refractivity contribution in [2.24, 2.45) is 0 Å². The second-order valence-electron chi connectivity index (χ2n) is 4.14. The molecule has 18 heavy (non-hydrogen) atoms. The van der Waals surface area contributed by atoms with Crippen LogP contribution in [0.2, 0.25) is 0 Å². The summed E-state index contributed by atoms with van der Waals surface area (Å²) in [5, 5.41) is 2.06. The summed E-state index contributed by atoms with van der Waals surface area (Å²) < 4.78 is 5.64. The molecule has 2 rings (SSSR count). The first kappa shape index (κ1) is 12.9. The van der Waals surface area contributed by atoms with Crippen LogP contribution in [0, 0.1) is 0 Å². The maximum atomic E-state index is 5.68. The minimum absolute atomic E-state index is 0.643. The summed E-state index contributed by atoms with van der Waals surface area (Å²) in [6.45, 7) is 2.35. The van der Waals surface area contributed by atoms with E-state index in [1.807, 2.05) is 29.8 Å². The number of nitrogens with zero attached hydrogens (tertiary/aromatic N) is 2. The van der Waals surface area contributed by atoms with Crippen molar-refractivity contribution in [2.45, 2.75) is 6.54 Å². The van der Waals surface area contributed by atoms with E-state index in [0.29, 0.717) is 6.61 Å².